The third-order valence-corrected chi connectivity index (χ3v) is 4.23. The Labute approximate surface area is 156 Å². The van der Waals surface area contributed by atoms with Crippen molar-refractivity contribution in [3.05, 3.63) is 69.0 Å². The first-order valence-corrected chi connectivity index (χ1v) is 8.13. The standard InChI is InChI=1S/C19H13ClF3NO3/c20-11-4-6-16(26)14(9-11)17-12(2-1-7-25)18(27)24-15-5-3-10(8-13(15)17)19(21,22)23/h1-6,8-9,25-26H,7H2,(H,24,27). The van der Waals surface area contributed by atoms with Crippen molar-refractivity contribution in [2.24, 2.45) is 0 Å². The summed E-state index contributed by atoms with van der Waals surface area (Å²) in [5.74, 6) is -0.248. The fourth-order valence-electron chi connectivity index (χ4n) is 2.81. The minimum Gasteiger partial charge on any atom is -0.507 e. The smallest absolute Gasteiger partial charge is 0.416 e. The lowest BCUT2D eigenvalue weighted by Gasteiger charge is -2.14. The van der Waals surface area contributed by atoms with Crippen LogP contribution in [-0.4, -0.2) is 21.8 Å². The van der Waals surface area contributed by atoms with Crippen molar-refractivity contribution in [3.8, 4) is 16.9 Å². The van der Waals surface area contributed by atoms with Gasteiger partial charge >= 0.3 is 6.18 Å². The number of H-pyrrole nitrogens is 1. The number of rotatable bonds is 3. The van der Waals surface area contributed by atoms with E-state index in [9.17, 15) is 23.1 Å². The van der Waals surface area contributed by atoms with E-state index in [1.54, 1.807) is 0 Å². The van der Waals surface area contributed by atoms with E-state index in [2.05, 4.69) is 4.98 Å². The second-order valence-electron chi connectivity index (χ2n) is 5.75. The molecule has 0 amide bonds. The molecule has 0 fully saturated rings. The van der Waals surface area contributed by atoms with E-state index < -0.39 is 17.3 Å². The maximum atomic E-state index is 13.2. The highest BCUT2D eigenvalue weighted by Gasteiger charge is 2.31. The van der Waals surface area contributed by atoms with Crippen molar-refractivity contribution in [1.29, 1.82) is 0 Å². The molecular weight excluding hydrogens is 383 g/mol. The summed E-state index contributed by atoms with van der Waals surface area (Å²) in [6.07, 6.45) is -2.03. The number of halogens is 4. The Balaban J connectivity index is 2.49. The number of aromatic hydroxyl groups is 1. The molecule has 3 aromatic rings. The summed E-state index contributed by atoms with van der Waals surface area (Å²) < 4.78 is 39.6. The summed E-state index contributed by atoms with van der Waals surface area (Å²) in [6, 6.07) is 6.99. The van der Waals surface area contributed by atoms with Gasteiger partial charge < -0.3 is 15.2 Å². The van der Waals surface area contributed by atoms with Gasteiger partial charge in [-0.3, -0.25) is 4.79 Å². The molecule has 0 bridgehead atoms. The fourth-order valence-corrected chi connectivity index (χ4v) is 2.99. The van der Waals surface area contributed by atoms with Crippen LogP contribution in [0.5, 0.6) is 5.75 Å². The van der Waals surface area contributed by atoms with Gasteiger partial charge in [0.15, 0.2) is 0 Å². The Morgan fingerprint density at radius 1 is 1.15 bits per heavy atom. The molecule has 0 aliphatic rings. The SMILES string of the molecule is O=c1[nH]c2ccc(C(F)(F)F)cc2c(-c2cc(Cl)ccc2O)c1C=CCO. The van der Waals surface area contributed by atoms with E-state index in [0.29, 0.717) is 0 Å². The lowest BCUT2D eigenvalue weighted by atomic mass is 9.94. The van der Waals surface area contributed by atoms with Gasteiger partial charge in [-0.15, -0.1) is 0 Å². The molecule has 0 spiro atoms. The molecule has 2 aromatic carbocycles. The van der Waals surface area contributed by atoms with Gasteiger partial charge in [-0.1, -0.05) is 23.8 Å². The maximum absolute atomic E-state index is 13.2. The number of nitrogens with one attached hydrogen (secondary N) is 1. The van der Waals surface area contributed by atoms with Gasteiger partial charge in [0.05, 0.1) is 12.2 Å². The summed E-state index contributed by atoms with van der Waals surface area (Å²) in [5, 5.41) is 19.6. The largest absolute Gasteiger partial charge is 0.507 e. The molecule has 0 saturated carbocycles. The first kappa shape index (κ1) is 19.0. The number of hydrogen-bond donors (Lipinski definition) is 3. The zero-order chi connectivity index (χ0) is 19.8. The average molecular weight is 396 g/mol. The van der Waals surface area contributed by atoms with E-state index in [-0.39, 0.29) is 45.0 Å². The van der Waals surface area contributed by atoms with E-state index in [4.69, 9.17) is 16.7 Å². The summed E-state index contributed by atoms with van der Waals surface area (Å²) in [5.41, 5.74) is -1.12. The van der Waals surface area contributed by atoms with Crippen molar-refractivity contribution < 1.29 is 23.4 Å². The number of aliphatic hydroxyl groups excluding tert-OH is 1. The first-order valence-electron chi connectivity index (χ1n) is 7.76. The molecule has 3 N–H and O–H groups in total. The summed E-state index contributed by atoms with van der Waals surface area (Å²) in [4.78, 5) is 15.0. The predicted molar refractivity (Wildman–Crippen MR) is 97.8 cm³/mol. The molecule has 0 atom stereocenters. The Bertz CT molecular complexity index is 1100. The third-order valence-electron chi connectivity index (χ3n) is 4.00. The average Bonchev–Trinajstić information content (AvgIpc) is 2.60. The molecular formula is C19H13ClF3NO3. The highest BCUT2D eigenvalue weighted by atomic mass is 35.5. The van der Waals surface area contributed by atoms with Crippen LogP contribution < -0.4 is 5.56 Å². The van der Waals surface area contributed by atoms with Crippen molar-refractivity contribution in [3.63, 3.8) is 0 Å². The van der Waals surface area contributed by atoms with Crippen molar-refractivity contribution >= 4 is 28.6 Å². The summed E-state index contributed by atoms with van der Waals surface area (Å²) in [7, 11) is 0. The molecule has 1 aromatic heterocycles. The topological polar surface area (TPSA) is 73.3 Å². The van der Waals surface area contributed by atoms with E-state index in [0.717, 1.165) is 18.2 Å². The minimum atomic E-state index is -4.58. The molecule has 1 heterocycles. The number of aromatic amines is 1. The van der Waals surface area contributed by atoms with Crippen LogP contribution in [0.3, 0.4) is 0 Å². The predicted octanol–water partition coefficient (Wildman–Crippen LogP) is 4.58. The molecule has 8 heteroatoms. The Kier molecular flexibility index (Phi) is 4.99. The van der Waals surface area contributed by atoms with Gasteiger partial charge in [0.1, 0.15) is 5.75 Å². The molecule has 3 rings (SSSR count). The molecule has 0 saturated heterocycles. The van der Waals surface area contributed by atoms with Crippen LogP contribution in [0.2, 0.25) is 5.02 Å². The van der Waals surface area contributed by atoms with E-state index >= 15 is 0 Å². The van der Waals surface area contributed by atoms with Crippen LogP contribution in [0.4, 0.5) is 13.2 Å². The number of aliphatic hydroxyl groups is 1. The number of alkyl halides is 3. The van der Waals surface area contributed by atoms with Gasteiger partial charge in [-0.25, -0.2) is 0 Å². The van der Waals surface area contributed by atoms with E-state index in [1.807, 2.05) is 0 Å². The first-order chi connectivity index (χ1) is 12.7. The summed E-state index contributed by atoms with van der Waals surface area (Å²) in [6.45, 7) is -0.374. The fraction of sp³-hybridized carbons (Fsp3) is 0.105. The zero-order valence-electron chi connectivity index (χ0n) is 13.6. The highest BCUT2D eigenvalue weighted by Crippen LogP contribution is 2.39. The van der Waals surface area contributed by atoms with Crippen molar-refractivity contribution in [2.75, 3.05) is 6.61 Å². The molecule has 4 nitrogen and oxygen atoms in total. The zero-order valence-corrected chi connectivity index (χ0v) is 14.4. The van der Waals surface area contributed by atoms with Crippen molar-refractivity contribution in [1.82, 2.24) is 4.98 Å². The van der Waals surface area contributed by atoms with Crippen LogP contribution in [-0.2, 0) is 6.18 Å². The minimum absolute atomic E-state index is 0.00607. The Hall–Kier alpha value is -2.77. The number of fused-ring (bicyclic) bond motifs is 1. The van der Waals surface area contributed by atoms with E-state index in [1.165, 1.54) is 30.4 Å². The molecule has 0 radical (unpaired) electrons. The molecule has 27 heavy (non-hydrogen) atoms. The number of phenolic OH excluding ortho intramolecular Hbond substituents is 1. The van der Waals surface area contributed by atoms with Crippen LogP contribution in [0.15, 0.2) is 47.3 Å². The number of benzene rings is 2. The van der Waals surface area contributed by atoms with Gasteiger partial charge in [0.25, 0.3) is 5.56 Å². The second kappa shape index (κ2) is 7.09. The Morgan fingerprint density at radius 2 is 1.89 bits per heavy atom. The van der Waals surface area contributed by atoms with Crippen LogP contribution in [0.1, 0.15) is 11.1 Å². The molecule has 0 aliphatic heterocycles. The molecule has 0 unspecified atom stereocenters. The molecule has 140 valence electrons. The van der Waals surface area contributed by atoms with Crippen LogP contribution in [0, 0.1) is 0 Å². The van der Waals surface area contributed by atoms with Crippen LogP contribution >= 0.6 is 11.6 Å². The number of phenols is 1. The molecule has 0 aliphatic carbocycles. The normalized spacial score (nSPS) is 12.2. The number of hydrogen-bond acceptors (Lipinski definition) is 3. The van der Waals surface area contributed by atoms with Gasteiger partial charge in [-0.05, 0) is 36.4 Å². The number of pyridine rings is 1. The van der Waals surface area contributed by atoms with Crippen LogP contribution in [0.25, 0.3) is 28.1 Å². The van der Waals surface area contributed by atoms with Gasteiger partial charge in [0, 0.05) is 32.6 Å². The highest BCUT2D eigenvalue weighted by molar-refractivity contribution is 6.31. The number of aromatic nitrogens is 1. The quantitative estimate of drug-likeness (QED) is 0.608. The lowest BCUT2D eigenvalue weighted by Crippen LogP contribution is -2.13. The third kappa shape index (κ3) is 3.70. The summed E-state index contributed by atoms with van der Waals surface area (Å²) >= 11 is 5.98. The van der Waals surface area contributed by atoms with Crippen molar-refractivity contribution in [2.45, 2.75) is 6.18 Å². The second-order valence-corrected chi connectivity index (χ2v) is 6.18. The lowest BCUT2D eigenvalue weighted by molar-refractivity contribution is -0.137. The van der Waals surface area contributed by atoms with Gasteiger partial charge in [-0.2, -0.15) is 13.2 Å². The monoisotopic (exact) mass is 395 g/mol. The Morgan fingerprint density at radius 3 is 2.56 bits per heavy atom. The van der Waals surface area contributed by atoms with Gasteiger partial charge in [0.2, 0.25) is 0 Å². The maximum Gasteiger partial charge on any atom is 0.416 e.